The Bertz CT molecular complexity index is 1950. The summed E-state index contributed by atoms with van der Waals surface area (Å²) in [5.41, 5.74) is -1.33. The normalized spacial score (nSPS) is 19.8. The van der Waals surface area contributed by atoms with E-state index in [0.29, 0.717) is 5.75 Å². The first-order chi connectivity index (χ1) is 23.1. The van der Waals surface area contributed by atoms with Gasteiger partial charge in [0.1, 0.15) is 23.6 Å². The molecule has 1 saturated heterocycles. The third kappa shape index (κ3) is 7.70. The van der Waals surface area contributed by atoms with Gasteiger partial charge < -0.3 is 18.9 Å². The number of carbonyl (C=O) groups is 1. The van der Waals surface area contributed by atoms with Gasteiger partial charge >= 0.3 is 11.7 Å². The summed E-state index contributed by atoms with van der Waals surface area (Å²) in [5.74, 6) is -0.0578. The van der Waals surface area contributed by atoms with Crippen LogP contribution in [0.15, 0.2) is 101 Å². The molecule has 0 aliphatic carbocycles. The molecule has 1 N–H and O–H groups in total. The highest BCUT2D eigenvalue weighted by Gasteiger charge is 2.53. The Balaban J connectivity index is 1.66. The Hall–Kier alpha value is -4.56. The highest BCUT2D eigenvalue weighted by molar-refractivity contribution is 7.86. The van der Waals surface area contributed by atoms with Crippen molar-refractivity contribution >= 4 is 16.1 Å². The Morgan fingerprint density at radius 3 is 1.94 bits per heavy atom. The van der Waals surface area contributed by atoms with Crippen molar-refractivity contribution in [1.29, 1.82) is 0 Å². The van der Waals surface area contributed by atoms with Gasteiger partial charge in [0, 0.05) is 11.8 Å². The van der Waals surface area contributed by atoms with Gasteiger partial charge in [-0.3, -0.25) is 23.3 Å². The summed E-state index contributed by atoms with van der Waals surface area (Å²) in [7, 11) is -2.61. The van der Waals surface area contributed by atoms with Crippen LogP contribution in [-0.2, 0) is 38.9 Å². The van der Waals surface area contributed by atoms with E-state index in [1.165, 1.54) is 13.1 Å². The maximum Gasteiger partial charge on any atom is 0.330 e. The first-order valence-electron chi connectivity index (χ1n) is 15.6. The minimum atomic E-state index is -4.18. The smallest absolute Gasteiger partial charge is 0.330 e. The molecule has 0 amide bonds. The molecule has 4 atom stereocenters. The van der Waals surface area contributed by atoms with Crippen LogP contribution >= 0.6 is 0 Å². The summed E-state index contributed by atoms with van der Waals surface area (Å²) in [5, 5.41) is 0. The fourth-order valence-corrected chi connectivity index (χ4v) is 6.35. The maximum atomic E-state index is 13.3. The number of H-pyrrole nitrogens is 1. The highest BCUT2D eigenvalue weighted by atomic mass is 32.2. The molecule has 0 spiro atoms. The topological polar surface area (TPSA) is 152 Å². The number of aryl methyl sites for hydroxylation is 1. The molecule has 0 radical (unpaired) electrons. The molecule has 260 valence electrons. The van der Waals surface area contributed by atoms with Gasteiger partial charge in [-0.1, -0.05) is 72.8 Å². The summed E-state index contributed by atoms with van der Waals surface area (Å²) < 4.78 is 56.7. The van der Waals surface area contributed by atoms with E-state index in [1.807, 2.05) is 84.9 Å². The molecular formula is C36H40N2O10S. The second kappa shape index (κ2) is 14.1. The van der Waals surface area contributed by atoms with Crippen LogP contribution in [0.25, 0.3) is 0 Å². The Labute approximate surface area is 284 Å². The van der Waals surface area contributed by atoms with E-state index in [-0.39, 0.29) is 12.2 Å². The SMILES string of the molecule is COc1ccc(C(OC[C@H]2O[C@@H](n3cc(C)c(=O)[nH]c3=O)[C@H](OC(=O)C(C)(C)C)[C@@H]2OS(C)(=O)=O)(c2ccccc2)c2ccccc2)cc1. The van der Waals surface area contributed by atoms with Crippen molar-refractivity contribution < 1.29 is 36.3 Å². The summed E-state index contributed by atoms with van der Waals surface area (Å²) >= 11 is 0. The summed E-state index contributed by atoms with van der Waals surface area (Å²) in [6.07, 6.45) is -3.36. The average Bonchev–Trinajstić information content (AvgIpc) is 3.38. The van der Waals surface area contributed by atoms with Gasteiger partial charge in [-0.05, 0) is 56.5 Å². The molecule has 0 saturated carbocycles. The lowest BCUT2D eigenvalue weighted by molar-refractivity contribution is -0.167. The first-order valence-corrected chi connectivity index (χ1v) is 17.4. The van der Waals surface area contributed by atoms with Crippen LogP contribution in [0.3, 0.4) is 0 Å². The Morgan fingerprint density at radius 2 is 1.43 bits per heavy atom. The van der Waals surface area contributed by atoms with Gasteiger partial charge in [0.15, 0.2) is 12.3 Å². The van der Waals surface area contributed by atoms with E-state index in [0.717, 1.165) is 27.5 Å². The number of hydrogen-bond donors (Lipinski definition) is 1. The van der Waals surface area contributed by atoms with Crippen molar-refractivity contribution in [2.24, 2.45) is 5.41 Å². The second-order valence-electron chi connectivity index (χ2n) is 12.9. The lowest BCUT2D eigenvalue weighted by atomic mass is 9.80. The number of methoxy groups -OCH3 is 1. The number of benzene rings is 3. The fourth-order valence-electron chi connectivity index (χ4n) is 5.71. The molecule has 1 aromatic heterocycles. The quantitative estimate of drug-likeness (QED) is 0.138. The zero-order valence-electron chi connectivity index (χ0n) is 28.1. The third-order valence-electron chi connectivity index (χ3n) is 8.17. The van der Waals surface area contributed by atoms with Crippen LogP contribution < -0.4 is 16.0 Å². The van der Waals surface area contributed by atoms with Crippen molar-refractivity contribution in [3.8, 4) is 5.75 Å². The standard InChI is InChI=1S/C36H40N2O10S/c1-23-21-38(34(41)37-31(23)39)32-30(47-33(40)35(2,3)4)29(48-49(6,42)43)28(46-32)22-45-36(24-13-9-7-10-14-24,25-15-11-8-12-16-25)26-17-19-27(44-5)20-18-26/h7-21,28-30,32H,22H2,1-6H3,(H,37,39,41)/t28-,29-,30-,32-/m1/s1. The number of rotatable bonds is 11. The number of aromatic amines is 1. The molecule has 2 heterocycles. The molecule has 49 heavy (non-hydrogen) atoms. The lowest BCUT2D eigenvalue weighted by Gasteiger charge is -2.37. The lowest BCUT2D eigenvalue weighted by Crippen LogP contribution is -2.45. The Kier molecular flexibility index (Phi) is 10.3. The van der Waals surface area contributed by atoms with E-state index in [2.05, 4.69) is 4.98 Å². The minimum absolute atomic E-state index is 0.177. The van der Waals surface area contributed by atoms with E-state index in [9.17, 15) is 22.8 Å². The zero-order valence-corrected chi connectivity index (χ0v) is 28.9. The summed E-state index contributed by atoms with van der Waals surface area (Å²) in [4.78, 5) is 40.9. The number of esters is 1. The molecule has 13 heteroatoms. The number of nitrogens with zero attached hydrogens (tertiary/aromatic N) is 1. The van der Waals surface area contributed by atoms with Crippen LogP contribution in [0.5, 0.6) is 5.75 Å². The fraction of sp³-hybridized carbons (Fsp3) is 0.361. The number of aromatic nitrogens is 2. The third-order valence-corrected chi connectivity index (χ3v) is 8.74. The number of carbonyl (C=O) groups excluding carboxylic acids is 1. The molecular weight excluding hydrogens is 652 g/mol. The molecule has 4 aromatic rings. The molecule has 1 aliphatic heterocycles. The van der Waals surface area contributed by atoms with Gasteiger partial charge in [-0.2, -0.15) is 8.42 Å². The average molecular weight is 693 g/mol. The number of hydrogen-bond acceptors (Lipinski definition) is 10. The molecule has 3 aromatic carbocycles. The van der Waals surface area contributed by atoms with Crippen LogP contribution in [-0.4, -0.2) is 62.2 Å². The van der Waals surface area contributed by atoms with Crippen molar-refractivity contribution in [2.75, 3.05) is 20.0 Å². The van der Waals surface area contributed by atoms with E-state index >= 15 is 0 Å². The first kappa shape index (κ1) is 35.7. The monoisotopic (exact) mass is 692 g/mol. The summed E-state index contributed by atoms with van der Waals surface area (Å²) in [6.45, 7) is 6.09. The van der Waals surface area contributed by atoms with Crippen molar-refractivity contribution in [2.45, 2.75) is 57.8 Å². The van der Waals surface area contributed by atoms with Crippen molar-refractivity contribution in [3.63, 3.8) is 0 Å². The van der Waals surface area contributed by atoms with Gasteiger partial charge in [0.2, 0.25) is 0 Å². The van der Waals surface area contributed by atoms with Crippen LogP contribution in [0.4, 0.5) is 0 Å². The molecule has 0 unspecified atom stereocenters. The van der Waals surface area contributed by atoms with Crippen LogP contribution in [0, 0.1) is 12.3 Å². The molecule has 1 aliphatic rings. The van der Waals surface area contributed by atoms with Crippen LogP contribution in [0.2, 0.25) is 0 Å². The predicted molar refractivity (Wildman–Crippen MR) is 181 cm³/mol. The maximum absolute atomic E-state index is 13.3. The predicted octanol–water partition coefficient (Wildman–Crippen LogP) is 4.06. The minimum Gasteiger partial charge on any atom is -0.497 e. The number of ether oxygens (including phenoxy) is 4. The zero-order chi connectivity index (χ0) is 35.6. The van der Waals surface area contributed by atoms with E-state index in [4.69, 9.17) is 23.1 Å². The Morgan fingerprint density at radius 1 is 0.878 bits per heavy atom. The van der Waals surface area contributed by atoms with E-state index in [1.54, 1.807) is 27.9 Å². The molecule has 1 fully saturated rings. The molecule has 5 rings (SSSR count). The van der Waals surface area contributed by atoms with Crippen molar-refractivity contribution in [3.05, 3.63) is 134 Å². The van der Waals surface area contributed by atoms with Gasteiger partial charge in [-0.15, -0.1) is 0 Å². The largest absolute Gasteiger partial charge is 0.497 e. The van der Waals surface area contributed by atoms with Gasteiger partial charge in [-0.25, -0.2) is 4.79 Å². The van der Waals surface area contributed by atoms with E-state index < -0.39 is 62.9 Å². The molecule has 12 nitrogen and oxygen atoms in total. The van der Waals surface area contributed by atoms with Crippen LogP contribution in [0.1, 0.15) is 49.3 Å². The van der Waals surface area contributed by atoms with Gasteiger partial charge in [0.05, 0.1) is 25.4 Å². The van der Waals surface area contributed by atoms with Crippen molar-refractivity contribution in [1.82, 2.24) is 9.55 Å². The summed E-state index contributed by atoms with van der Waals surface area (Å²) in [6, 6.07) is 26.3. The number of nitrogens with one attached hydrogen (secondary N) is 1. The molecule has 0 bridgehead atoms. The second-order valence-corrected chi connectivity index (χ2v) is 14.5. The van der Waals surface area contributed by atoms with Gasteiger partial charge in [0.25, 0.3) is 15.7 Å². The highest BCUT2D eigenvalue weighted by Crippen LogP contribution is 2.43.